The fourth-order valence-electron chi connectivity index (χ4n) is 3.49. The Morgan fingerprint density at radius 3 is 2.64 bits per heavy atom. The molecule has 144 valence electrons. The van der Waals surface area contributed by atoms with E-state index in [0.717, 1.165) is 22.4 Å². The van der Waals surface area contributed by atoms with Gasteiger partial charge in [0.2, 0.25) is 5.91 Å². The minimum absolute atomic E-state index is 0.00950. The van der Waals surface area contributed by atoms with Crippen LogP contribution in [0.5, 0.6) is 0 Å². The van der Waals surface area contributed by atoms with Crippen molar-refractivity contribution in [2.24, 2.45) is 5.92 Å². The Hall–Kier alpha value is -2.86. The Morgan fingerprint density at radius 1 is 1.18 bits per heavy atom. The van der Waals surface area contributed by atoms with Gasteiger partial charge in [0, 0.05) is 12.4 Å². The first kappa shape index (κ1) is 18.5. The molecule has 28 heavy (non-hydrogen) atoms. The first-order chi connectivity index (χ1) is 13.6. The zero-order valence-corrected chi connectivity index (χ0v) is 16.8. The summed E-state index contributed by atoms with van der Waals surface area (Å²) in [6.07, 6.45) is 4.40. The van der Waals surface area contributed by atoms with Gasteiger partial charge in [0.1, 0.15) is 5.82 Å². The Bertz CT molecular complexity index is 967. The maximum atomic E-state index is 13.0. The number of amides is 1. The minimum atomic E-state index is -0.160. The van der Waals surface area contributed by atoms with Crippen LogP contribution in [0.4, 0.5) is 0 Å². The second-order valence-corrected chi connectivity index (χ2v) is 8.12. The summed E-state index contributed by atoms with van der Waals surface area (Å²) >= 11 is 1.65. The molecule has 0 aliphatic heterocycles. The van der Waals surface area contributed by atoms with Crippen molar-refractivity contribution in [2.45, 2.75) is 32.4 Å². The SMILES string of the molecule is CC(C)[C@H](NC(=O)C[C@H](c1ccsc1)n1cccc1)c1nc2ccccc2[nH]1. The van der Waals surface area contributed by atoms with Gasteiger partial charge in [-0.15, -0.1) is 0 Å². The number of aromatic nitrogens is 3. The number of para-hydroxylation sites is 2. The second kappa shape index (κ2) is 8.02. The molecule has 0 radical (unpaired) electrons. The Balaban J connectivity index is 1.54. The number of carbonyl (C=O) groups is 1. The first-order valence-electron chi connectivity index (χ1n) is 9.50. The normalized spacial score (nSPS) is 13.7. The fourth-order valence-corrected chi connectivity index (χ4v) is 4.20. The minimum Gasteiger partial charge on any atom is -0.346 e. The standard InChI is InChI=1S/C22H24N4OS/c1-15(2)21(22-23-17-7-3-4-8-18(17)24-22)25-20(27)13-19(16-9-12-28-14-16)26-10-5-6-11-26/h3-12,14-15,19,21H,13H2,1-2H3,(H,23,24)(H,25,27)/t19-,21+/m1/s1. The van der Waals surface area contributed by atoms with Gasteiger partial charge >= 0.3 is 0 Å². The number of carbonyl (C=O) groups excluding carboxylic acids is 1. The lowest BCUT2D eigenvalue weighted by Crippen LogP contribution is -2.34. The molecule has 1 amide bonds. The van der Waals surface area contributed by atoms with E-state index in [4.69, 9.17) is 4.98 Å². The molecule has 4 aromatic rings. The zero-order chi connectivity index (χ0) is 19.5. The molecule has 2 atom stereocenters. The molecule has 0 saturated heterocycles. The van der Waals surface area contributed by atoms with Crippen molar-refractivity contribution in [1.82, 2.24) is 19.9 Å². The van der Waals surface area contributed by atoms with Crippen molar-refractivity contribution >= 4 is 28.3 Å². The lowest BCUT2D eigenvalue weighted by Gasteiger charge is -2.23. The largest absolute Gasteiger partial charge is 0.346 e. The van der Waals surface area contributed by atoms with Crippen LogP contribution in [0.25, 0.3) is 11.0 Å². The van der Waals surface area contributed by atoms with E-state index in [-0.39, 0.29) is 23.9 Å². The Labute approximate surface area is 168 Å². The van der Waals surface area contributed by atoms with E-state index < -0.39 is 0 Å². The molecule has 6 heteroatoms. The molecule has 3 heterocycles. The van der Waals surface area contributed by atoms with E-state index >= 15 is 0 Å². The highest BCUT2D eigenvalue weighted by atomic mass is 32.1. The van der Waals surface area contributed by atoms with E-state index in [1.54, 1.807) is 11.3 Å². The highest BCUT2D eigenvalue weighted by Crippen LogP contribution is 2.26. The quantitative estimate of drug-likeness (QED) is 0.469. The van der Waals surface area contributed by atoms with Crippen LogP contribution in [0.2, 0.25) is 0 Å². The van der Waals surface area contributed by atoms with Gasteiger partial charge in [0.15, 0.2) is 0 Å². The lowest BCUT2D eigenvalue weighted by atomic mass is 10.0. The summed E-state index contributed by atoms with van der Waals surface area (Å²) in [5.74, 6) is 1.04. The van der Waals surface area contributed by atoms with Gasteiger partial charge in [-0.05, 0) is 52.6 Å². The Kier molecular flexibility index (Phi) is 5.30. The van der Waals surface area contributed by atoms with Gasteiger partial charge in [-0.2, -0.15) is 11.3 Å². The van der Waals surface area contributed by atoms with Gasteiger partial charge < -0.3 is 14.9 Å². The number of benzene rings is 1. The number of thiophene rings is 1. The molecule has 5 nitrogen and oxygen atoms in total. The maximum Gasteiger partial charge on any atom is 0.223 e. The van der Waals surface area contributed by atoms with Crippen LogP contribution < -0.4 is 5.32 Å². The van der Waals surface area contributed by atoms with Gasteiger partial charge in [0.05, 0.1) is 29.5 Å². The number of nitrogens with one attached hydrogen (secondary N) is 2. The predicted molar refractivity (Wildman–Crippen MR) is 113 cm³/mol. The van der Waals surface area contributed by atoms with Crippen molar-refractivity contribution in [3.8, 4) is 0 Å². The molecule has 2 N–H and O–H groups in total. The predicted octanol–water partition coefficient (Wildman–Crippen LogP) is 4.92. The summed E-state index contributed by atoms with van der Waals surface area (Å²) in [5.41, 5.74) is 3.06. The summed E-state index contributed by atoms with van der Waals surface area (Å²) in [5, 5.41) is 7.36. The second-order valence-electron chi connectivity index (χ2n) is 7.34. The third-order valence-corrected chi connectivity index (χ3v) is 5.68. The molecule has 3 aromatic heterocycles. The van der Waals surface area contributed by atoms with Crippen molar-refractivity contribution in [3.63, 3.8) is 0 Å². The molecule has 4 rings (SSSR count). The highest BCUT2D eigenvalue weighted by molar-refractivity contribution is 7.08. The number of nitrogens with zero attached hydrogens (tertiary/aromatic N) is 2. The monoisotopic (exact) mass is 392 g/mol. The number of hydrogen-bond acceptors (Lipinski definition) is 3. The summed E-state index contributed by atoms with van der Waals surface area (Å²) in [6, 6.07) is 13.8. The lowest BCUT2D eigenvalue weighted by molar-refractivity contribution is -0.122. The average molecular weight is 393 g/mol. The average Bonchev–Trinajstić information content (AvgIpc) is 3.45. The summed E-state index contributed by atoms with van der Waals surface area (Å²) in [6.45, 7) is 4.20. The third-order valence-electron chi connectivity index (χ3n) is 4.98. The molecule has 0 unspecified atom stereocenters. The van der Waals surface area contributed by atoms with Gasteiger partial charge in [-0.3, -0.25) is 4.79 Å². The molecule has 0 saturated carbocycles. The van der Waals surface area contributed by atoms with Crippen molar-refractivity contribution in [1.29, 1.82) is 0 Å². The molecule has 0 spiro atoms. The molecular weight excluding hydrogens is 368 g/mol. The van der Waals surface area contributed by atoms with Gasteiger partial charge in [0.25, 0.3) is 0 Å². The first-order valence-corrected chi connectivity index (χ1v) is 10.4. The van der Waals surface area contributed by atoms with Gasteiger partial charge in [-0.1, -0.05) is 26.0 Å². The fraction of sp³-hybridized carbons (Fsp3) is 0.273. The van der Waals surface area contributed by atoms with Crippen LogP contribution >= 0.6 is 11.3 Å². The van der Waals surface area contributed by atoms with Crippen molar-refractivity contribution < 1.29 is 4.79 Å². The molecular formula is C22H24N4OS. The van der Waals surface area contributed by atoms with Crippen molar-refractivity contribution in [3.05, 3.63) is 77.0 Å². The summed E-state index contributed by atoms with van der Waals surface area (Å²) in [7, 11) is 0. The number of hydrogen-bond donors (Lipinski definition) is 2. The molecule has 1 aromatic carbocycles. The van der Waals surface area contributed by atoms with E-state index in [0.29, 0.717) is 6.42 Å². The molecule has 0 fully saturated rings. The van der Waals surface area contributed by atoms with Crippen LogP contribution in [0, 0.1) is 5.92 Å². The smallest absolute Gasteiger partial charge is 0.223 e. The number of aromatic amines is 1. The van der Waals surface area contributed by atoms with Crippen LogP contribution in [-0.4, -0.2) is 20.4 Å². The van der Waals surface area contributed by atoms with Gasteiger partial charge in [-0.25, -0.2) is 4.98 Å². The van der Waals surface area contributed by atoms with E-state index in [1.807, 2.05) is 48.8 Å². The highest BCUT2D eigenvalue weighted by Gasteiger charge is 2.24. The molecule has 0 aliphatic rings. The topological polar surface area (TPSA) is 62.7 Å². The van der Waals surface area contributed by atoms with Crippen LogP contribution in [0.1, 0.15) is 43.7 Å². The number of H-pyrrole nitrogens is 1. The van der Waals surface area contributed by atoms with Crippen molar-refractivity contribution in [2.75, 3.05) is 0 Å². The van der Waals surface area contributed by atoms with Crippen LogP contribution in [0.3, 0.4) is 0 Å². The van der Waals surface area contributed by atoms with E-state index in [9.17, 15) is 4.79 Å². The number of rotatable bonds is 7. The van der Waals surface area contributed by atoms with Crippen LogP contribution in [0.15, 0.2) is 65.6 Å². The Morgan fingerprint density at radius 2 is 1.96 bits per heavy atom. The van der Waals surface area contributed by atoms with Crippen LogP contribution in [-0.2, 0) is 4.79 Å². The third kappa shape index (κ3) is 3.87. The zero-order valence-electron chi connectivity index (χ0n) is 16.0. The molecule has 0 bridgehead atoms. The number of imidazole rings is 1. The maximum absolute atomic E-state index is 13.0. The van der Waals surface area contributed by atoms with E-state index in [1.165, 1.54) is 0 Å². The number of fused-ring (bicyclic) bond motifs is 1. The summed E-state index contributed by atoms with van der Waals surface area (Å²) in [4.78, 5) is 21.0. The van der Waals surface area contributed by atoms with E-state index in [2.05, 4.69) is 45.5 Å². The molecule has 0 aliphatic carbocycles. The summed E-state index contributed by atoms with van der Waals surface area (Å²) < 4.78 is 2.09.